The zero-order chi connectivity index (χ0) is 7.61. The Morgan fingerprint density at radius 2 is 2.20 bits per heavy atom. The molecule has 10 heavy (non-hydrogen) atoms. The van der Waals surface area contributed by atoms with Gasteiger partial charge in [0, 0.05) is 5.41 Å². The van der Waals surface area contributed by atoms with Gasteiger partial charge in [-0.3, -0.25) is 0 Å². The molecule has 1 fully saturated rings. The molecule has 1 aliphatic rings. The standard InChI is InChI=1S/C5H9Cl2O2P/c1-5(2-8-3-5)4-9-10(6)7/h2-4H2,1H3. The molecular weight excluding hydrogens is 194 g/mol. The molecule has 0 spiro atoms. The lowest BCUT2D eigenvalue weighted by Crippen LogP contribution is -2.42. The van der Waals surface area contributed by atoms with Crippen LogP contribution in [0.15, 0.2) is 0 Å². The van der Waals surface area contributed by atoms with Crippen LogP contribution in [0.5, 0.6) is 0 Å². The zero-order valence-corrected chi connectivity index (χ0v) is 8.05. The maximum absolute atomic E-state index is 5.43. The molecule has 0 atom stereocenters. The first-order chi connectivity index (χ1) is 4.62. The summed E-state index contributed by atoms with van der Waals surface area (Å²) in [6, 6.07) is 0. The molecule has 5 heteroatoms. The van der Waals surface area contributed by atoms with E-state index >= 15 is 0 Å². The number of hydrogen-bond donors (Lipinski definition) is 0. The molecule has 1 heterocycles. The van der Waals surface area contributed by atoms with Gasteiger partial charge in [-0.15, -0.1) is 0 Å². The van der Waals surface area contributed by atoms with Crippen LogP contribution in [0.1, 0.15) is 6.92 Å². The summed E-state index contributed by atoms with van der Waals surface area (Å²) < 4.78 is 10.1. The van der Waals surface area contributed by atoms with Crippen molar-refractivity contribution in [1.29, 1.82) is 0 Å². The van der Waals surface area contributed by atoms with Crippen molar-refractivity contribution < 1.29 is 9.26 Å². The van der Waals surface area contributed by atoms with E-state index in [-0.39, 0.29) is 5.41 Å². The second kappa shape index (κ2) is 3.55. The Kier molecular flexibility index (Phi) is 3.20. The van der Waals surface area contributed by atoms with Gasteiger partial charge in [0.15, 0.2) is 0 Å². The summed E-state index contributed by atoms with van der Waals surface area (Å²) in [6.45, 7) is 2.95. The predicted octanol–water partition coefficient (Wildman–Crippen LogP) is 2.74. The van der Waals surface area contributed by atoms with Gasteiger partial charge in [-0.05, 0) is 22.5 Å². The van der Waals surface area contributed by atoms with Crippen LogP contribution in [0.2, 0.25) is 0 Å². The molecular formula is C5H9Cl2O2P. The van der Waals surface area contributed by atoms with Gasteiger partial charge in [-0.2, -0.15) is 0 Å². The minimum Gasteiger partial charge on any atom is -0.380 e. The molecule has 0 aromatic carbocycles. The van der Waals surface area contributed by atoms with Crippen LogP contribution in [-0.4, -0.2) is 19.8 Å². The lowest BCUT2D eigenvalue weighted by Gasteiger charge is -2.37. The second-order valence-corrected chi connectivity index (χ2v) is 5.80. The molecule has 0 unspecified atom stereocenters. The Bertz CT molecular complexity index is 116. The molecule has 1 aliphatic heterocycles. The molecule has 0 saturated carbocycles. The maximum Gasteiger partial charge on any atom is 0.225 e. The fourth-order valence-electron chi connectivity index (χ4n) is 0.738. The molecule has 0 aliphatic carbocycles. The van der Waals surface area contributed by atoms with Crippen molar-refractivity contribution in [3.63, 3.8) is 0 Å². The predicted molar refractivity (Wildman–Crippen MR) is 43.5 cm³/mol. The van der Waals surface area contributed by atoms with Gasteiger partial charge in [-0.25, -0.2) is 0 Å². The van der Waals surface area contributed by atoms with Gasteiger partial charge >= 0.3 is 0 Å². The molecule has 2 nitrogen and oxygen atoms in total. The summed E-state index contributed by atoms with van der Waals surface area (Å²) in [4.78, 5) is 0. The van der Waals surface area contributed by atoms with Gasteiger partial charge in [0.2, 0.25) is 6.85 Å². The zero-order valence-electron chi connectivity index (χ0n) is 5.64. The van der Waals surface area contributed by atoms with Crippen LogP contribution in [0.3, 0.4) is 0 Å². The smallest absolute Gasteiger partial charge is 0.225 e. The molecule has 0 amide bonds. The van der Waals surface area contributed by atoms with Crippen LogP contribution in [0.25, 0.3) is 0 Å². The van der Waals surface area contributed by atoms with E-state index in [0.29, 0.717) is 6.61 Å². The summed E-state index contributed by atoms with van der Waals surface area (Å²) in [6.07, 6.45) is 0. The first-order valence-electron chi connectivity index (χ1n) is 2.95. The highest BCUT2D eigenvalue weighted by atomic mass is 35.9. The van der Waals surface area contributed by atoms with Gasteiger partial charge in [0.05, 0.1) is 19.8 Å². The first kappa shape index (κ1) is 9.02. The van der Waals surface area contributed by atoms with Crippen molar-refractivity contribution in [3.05, 3.63) is 0 Å². The molecule has 1 saturated heterocycles. The van der Waals surface area contributed by atoms with E-state index in [0.717, 1.165) is 13.2 Å². The number of rotatable bonds is 3. The maximum atomic E-state index is 5.43. The average Bonchev–Trinajstić information content (AvgIpc) is 1.79. The van der Waals surface area contributed by atoms with Gasteiger partial charge in [0.1, 0.15) is 0 Å². The third-order valence-electron chi connectivity index (χ3n) is 1.41. The van der Waals surface area contributed by atoms with Crippen LogP contribution in [0, 0.1) is 5.41 Å². The fourth-order valence-corrected chi connectivity index (χ4v) is 1.44. The van der Waals surface area contributed by atoms with E-state index in [9.17, 15) is 0 Å². The normalized spacial score (nSPS) is 22.8. The third kappa shape index (κ3) is 2.52. The van der Waals surface area contributed by atoms with E-state index in [2.05, 4.69) is 6.92 Å². The highest BCUT2D eigenvalue weighted by molar-refractivity contribution is 8.00. The van der Waals surface area contributed by atoms with Crippen LogP contribution in [0.4, 0.5) is 0 Å². The van der Waals surface area contributed by atoms with E-state index < -0.39 is 6.85 Å². The van der Waals surface area contributed by atoms with Crippen molar-refractivity contribution in [3.8, 4) is 0 Å². The minimum atomic E-state index is -1.25. The Morgan fingerprint density at radius 3 is 2.50 bits per heavy atom. The first-order valence-corrected chi connectivity index (χ1v) is 6.02. The summed E-state index contributed by atoms with van der Waals surface area (Å²) in [5.41, 5.74) is 0.157. The number of ether oxygens (including phenoxy) is 1. The SMILES string of the molecule is CC1(COP(Cl)Cl)COC1. The monoisotopic (exact) mass is 202 g/mol. The largest absolute Gasteiger partial charge is 0.380 e. The topological polar surface area (TPSA) is 18.5 Å². The summed E-state index contributed by atoms with van der Waals surface area (Å²) in [7, 11) is 0. The lowest BCUT2D eigenvalue weighted by molar-refractivity contribution is -0.118. The minimum absolute atomic E-state index is 0.157. The van der Waals surface area contributed by atoms with E-state index in [1.165, 1.54) is 0 Å². The van der Waals surface area contributed by atoms with Crippen molar-refractivity contribution in [2.45, 2.75) is 6.92 Å². The van der Waals surface area contributed by atoms with E-state index in [4.69, 9.17) is 31.7 Å². The molecule has 0 bridgehead atoms. The highest BCUT2D eigenvalue weighted by Crippen LogP contribution is 2.49. The van der Waals surface area contributed by atoms with Crippen molar-refractivity contribution in [1.82, 2.24) is 0 Å². The molecule has 60 valence electrons. The Labute approximate surface area is 71.2 Å². The molecule has 0 aromatic heterocycles. The Morgan fingerprint density at radius 1 is 1.60 bits per heavy atom. The lowest BCUT2D eigenvalue weighted by atomic mass is 9.90. The fraction of sp³-hybridized carbons (Fsp3) is 1.00. The third-order valence-corrected chi connectivity index (χ3v) is 2.32. The molecule has 0 N–H and O–H groups in total. The second-order valence-electron chi connectivity index (χ2n) is 2.78. The van der Waals surface area contributed by atoms with Crippen molar-refractivity contribution in [2.75, 3.05) is 19.8 Å². The highest BCUT2D eigenvalue weighted by Gasteiger charge is 2.34. The average molecular weight is 203 g/mol. The summed E-state index contributed by atoms with van der Waals surface area (Å²) >= 11 is 10.9. The van der Waals surface area contributed by atoms with Gasteiger partial charge in [-0.1, -0.05) is 6.92 Å². The molecule has 1 rings (SSSR count). The van der Waals surface area contributed by atoms with Crippen LogP contribution in [-0.2, 0) is 9.26 Å². The number of hydrogen-bond acceptors (Lipinski definition) is 2. The Hall–Kier alpha value is 0.930. The summed E-state index contributed by atoms with van der Waals surface area (Å²) in [5, 5.41) is 0. The Balaban J connectivity index is 2.12. The molecule has 0 aromatic rings. The van der Waals surface area contributed by atoms with Crippen LogP contribution >= 0.6 is 29.3 Å². The van der Waals surface area contributed by atoms with Crippen LogP contribution < -0.4 is 0 Å². The van der Waals surface area contributed by atoms with Gasteiger partial charge in [0.25, 0.3) is 0 Å². The van der Waals surface area contributed by atoms with Crippen molar-refractivity contribution in [2.24, 2.45) is 5.41 Å². The van der Waals surface area contributed by atoms with Crippen molar-refractivity contribution >= 4 is 29.3 Å². The quantitative estimate of drug-likeness (QED) is 0.656. The summed E-state index contributed by atoms with van der Waals surface area (Å²) in [5.74, 6) is 0. The van der Waals surface area contributed by atoms with Gasteiger partial charge < -0.3 is 9.26 Å². The van der Waals surface area contributed by atoms with E-state index in [1.54, 1.807) is 0 Å². The molecule has 0 radical (unpaired) electrons. The van der Waals surface area contributed by atoms with E-state index in [1.807, 2.05) is 0 Å². The number of halogens is 2.